The number of hydrogen-bond donors (Lipinski definition) is 3. The van der Waals surface area contributed by atoms with Crippen molar-refractivity contribution in [2.24, 2.45) is 0 Å². The lowest BCUT2D eigenvalue weighted by Gasteiger charge is -2.10. The second-order valence-electron chi connectivity index (χ2n) is 6.82. The lowest BCUT2D eigenvalue weighted by Crippen LogP contribution is -2.33. The maximum absolute atomic E-state index is 12.4. The molecule has 0 spiro atoms. The highest BCUT2D eigenvalue weighted by Gasteiger charge is 2.30. The molecule has 0 saturated carbocycles. The van der Waals surface area contributed by atoms with Crippen LogP contribution >= 0.6 is 0 Å². The van der Waals surface area contributed by atoms with E-state index in [4.69, 9.17) is 0 Å². The van der Waals surface area contributed by atoms with Crippen molar-refractivity contribution in [1.82, 2.24) is 4.72 Å². The number of nitrogens with one attached hydrogen (secondary N) is 3. The van der Waals surface area contributed by atoms with Crippen molar-refractivity contribution >= 4 is 33.2 Å². The van der Waals surface area contributed by atoms with E-state index in [1.165, 1.54) is 29.0 Å². The van der Waals surface area contributed by atoms with Crippen LogP contribution in [0.15, 0.2) is 83.8 Å². The van der Waals surface area contributed by atoms with Crippen LogP contribution in [0.4, 0.5) is 24.5 Å². The molecule has 2 amide bonds. The highest BCUT2D eigenvalue weighted by Crippen LogP contribution is 2.18. The Labute approximate surface area is 187 Å². The van der Waals surface area contributed by atoms with Gasteiger partial charge in [0.15, 0.2) is 0 Å². The van der Waals surface area contributed by atoms with E-state index in [1.54, 1.807) is 42.5 Å². The lowest BCUT2D eigenvalue weighted by molar-refractivity contribution is -0.121. The third-order valence-electron chi connectivity index (χ3n) is 4.33. The van der Waals surface area contributed by atoms with Crippen LogP contribution in [-0.4, -0.2) is 33.0 Å². The fourth-order valence-electron chi connectivity index (χ4n) is 2.68. The molecule has 33 heavy (non-hydrogen) atoms. The molecule has 0 aromatic heterocycles. The summed E-state index contributed by atoms with van der Waals surface area (Å²) in [7, 11) is -4.34. The molecule has 0 atom stereocenters. The van der Waals surface area contributed by atoms with Crippen LogP contribution in [0.2, 0.25) is 0 Å². The zero-order valence-corrected chi connectivity index (χ0v) is 17.7. The molecule has 3 aromatic carbocycles. The van der Waals surface area contributed by atoms with Crippen molar-refractivity contribution in [1.29, 1.82) is 0 Å². The molecule has 0 fully saturated rings. The Morgan fingerprint density at radius 3 is 1.64 bits per heavy atom. The van der Waals surface area contributed by atoms with Crippen molar-refractivity contribution in [2.45, 2.75) is 11.1 Å². The average molecular weight is 477 g/mol. The Bertz CT molecular complexity index is 1230. The fraction of sp³-hybridized carbons (Fsp3) is 0.0909. The fourth-order valence-corrected chi connectivity index (χ4v) is 3.69. The molecule has 0 aliphatic carbocycles. The number of rotatable bonds is 7. The second-order valence-corrected chi connectivity index (χ2v) is 8.58. The number of carbonyl (C=O) groups excluding carboxylic acids is 2. The van der Waals surface area contributed by atoms with Gasteiger partial charge >= 0.3 is 6.18 Å². The Morgan fingerprint density at radius 2 is 1.15 bits per heavy atom. The maximum atomic E-state index is 12.4. The molecule has 0 saturated heterocycles. The van der Waals surface area contributed by atoms with E-state index in [-0.39, 0.29) is 22.1 Å². The van der Waals surface area contributed by atoms with Crippen LogP contribution in [0.3, 0.4) is 0 Å². The van der Waals surface area contributed by atoms with Gasteiger partial charge in [0.05, 0.1) is 4.90 Å². The molecule has 172 valence electrons. The quantitative estimate of drug-likeness (QED) is 0.478. The van der Waals surface area contributed by atoms with Crippen LogP contribution in [0, 0.1) is 0 Å². The topological polar surface area (TPSA) is 104 Å². The van der Waals surface area contributed by atoms with Crippen LogP contribution in [0.5, 0.6) is 0 Å². The Morgan fingerprint density at radius 1 is 0.697 bits per heavy atom. The predicted molar refractivity (Wildman–Crippen MR) is 116 cm³/mol. The molecule has 3 N–H and O–H groups in total. The zero-order valence-electron chi connectivity index (χ0n) is 16.9. The van der Waals surface area contributed by atoms with E-state index >= 15 is 0 Å². The molecule has 0 heterocycles. The molecule has 0 aliphatic heterocycles. The molecule has 0 bridgehead atoms. The minimum absolute atomic E-state index is 0.247. The highest BCUT2D eigenvalue weighted by molar-refractivity contribution is 7.89. The minimum atomic E-state index is -4.68. The molecule has 3 aromatic rings. The van der Waals surface area contributed by atoms with Gasteiger partial charge in [0.2, 0.25) is 10.0 Å². The molecule has 0 unspecified atom stereocenters. The Hall–Kier alpha value is -3.70. The molecule has 0 radical (unpaired) electrons. The summed E-state index contributed by atoms with van der Waals surface area (Å²) in [4.78, 5) is 24.2. The van der Waals surface area contributed by atoms with Gasteiger partial charge in [-0.3, -0.25) is 9.59 Å². The third-order valence-corrected chi connectivity index (χ3v) is 5.74. The van der Waals surface area contributed by atoms with Crippen LogP contribution in [-0.2, 0) is 10.0 Å². The molecule has 11 heteroatoms. The highest BCUT2D eigenvalue weighted by atomic mass is 32.2. The first kappa shape index (κ1) is 24.0. The summed E-state index contributed by atoms with van der Waals surface area (Å²) in [5.74, 6) is -0.797. The first-order valence-electron chi connectivity index (χ1n) is 9.48. The average Bonchev–Trinajstić information content (AvgIpc) is 2.79. The van der Waals surface area contributed by atoms with Crippen LogP contribution in [0.25, 0.3) is 0 Å². The van der Waals surface area contributed by atoms with Gasteiger partial charge < -0.3 is 10.6 Å². The summed E-state index contributed by atoms with van der Waals surface area (Å²) < 4.78 is 62.0. The van der Waals surface area contributed by atoms with Gasteiger partial charge in [-0.05, 0) is 60.7 Å². The van der Waals surface area contributed by atoms with E-state index < -0.39 is 28.7 Å². The number of halogens is 3. The van der Waals surface area contributed by atoms with Gasteiger partial charge in [0.1, 0.15) is 6.54 Å². The summed E-state index contributed by atoms with van der Waals surface area (Å²) in [5, 5.41) is 5.27. The van der Waals surface area contributed by atoms with E-state index in [0.29, 0.717) is 11.3 Å². The molecule has 3 rings (SSSR count). The molecular formula is C22H18F3N3O4S. The zero-order chi connectivity index (χ0) is 24.1. The molecular weight excluding hydrogens is 459 g/mol. The standard InChI is InChI=1S/C22H18F3N3O4S/c23-22(24,25)14-26-33(31,32)19-12-10-18(11-13-19)28-21(30)16-6-8-17(9-7-16)27-20(29)15-4-2-1-3-5-15/h1-13,26H,14H2,(H,27,29)(H,28,30). The minimum Gasteiger partial charge on any atom is -0.322 e. The van der Waals surface area contributed by atoms with E-state index in [1.807, 2.05) is 0 Å². The van der Waals surface area contributed by atoms with Crippen LogP contribution in [0.1, 0.15) is 20.7 Å². The van der Waals surface area contributed by atoms with Crippen molar-refractivity contribution in [3.05, 3.63) is 90.0 Å². The van der Waals surface area contributed by atoms with Crippen molar-refractivity contribution in [3.63, 3.8) is 0 Å². The maximum Gasteiger partial charge on any atom is 0.402 e. The van der Waals surface area contributed by atoms with Crippen molar-refractivity contribution in [3.8, 4) is 0 Å². The summed E-state index contributed by atoms with van der Waals surface area (Å²) >= 11 is 0. The van der Waals surface area contributed by atoms with Gasteiger partial charge in [-0.1, -0.05) is 18.2 Å². The van der Waals surface area contributed by atoms with E-state index in [0.717, 1.165) is 12.1 Å². The smallest absolute Gasteiger partial charge is 0.322 e. The number of carbonyl (C=O) groups is 2. The van der Waals surface area contributed by atoms with Crippen molar-refractivity contribution < 1.29 is 31.2 Å². The third kappa shape index (κ3) is 6.89. The van der Waals surface area contributed by atoms with Gasteiger partial charge in [-0.25, -0.2) is 13.1 Å². The van der Waals surface area contributed by atoms with Gasteiger partial charge in [0.25, 0.3) is 11.8 Å². The number of amides is 2. The number of sulfonamides is 1. The van der Waals surface area contributed by atoms with E-state index in [9.17, 15) is 31.2 Å². The van der Waals surface area contributed by atoms with Gasteiger partial charge in [0, 0.05) is 22.5 Å². The summed E-state index contributed by atoms with van der Waals surface area (Å²) in [5.41, 5.74) is 1.49. The summed E-state index contributed by atoms with van der Waals surface area (Å²) in [6, 6.07) is 19.4. The largest absolute Gasteiger partial charge is 0.402 e. The summed E-state index contributed by atoms with van der Waals surface area (Å²) in [6.07, 6.45) is -4.68. The first-order valence-corrected chi connectivity index (χ1v) is 11.0. The first-order chi connectivity index (χ1) is 15.5. The Balaban J connectivity index is 1.60. The monoisotopic (exact) mass is 477 g/mol. The van der Waals surface area contributed by atoms with Crippen LogP contribution < -0.4 is 15.4 Å². The number of alkyl halides is 3. The van der Waals surface area contributed by atoms with Gasteiger partial charge in [-0.15, -0.1) is 0 Å². The number of benzene rings is 3. The lowest BCUT2D eigenvalue weighted by atomic mass is 10.1. The summed E-state index contributed by atoms with van der Waals surface area (Å²) in [6.45, 7) is -1.68. The van der Waals surface area contributed by atoms with Crippen molar-refractivity contribution in [2.75, 3.05) is 17.2 Å². The normalized spacial score (nSPS) is 11.6. The molecule has 7 nitrogen and oxygen atoms in total. The Kier molecular flexibility index (Phi) is 7.14. The molecule has 0 aliphatic rings. The predicted octanol–water partition coefficient (Wildman–Crippen LogP) is 4.03. The second kappa shape index (κ2) is 9.84. The SMILES string of the molecule is O=C(Nc1ccc(C(=O)Nc2ccc(S(=O)(=O)NCC(F)(F)F)cc2)cc1)c1ccccc1. The van der Waals surface area contributed by atoms with Gasteiger partial charge in [-0.2, -0.15) is 13.2 Å². The van der Waals surface area contributed by atoms with E-state index in [2.05, 4.69) is 10.6 Å². The number of hydrogen-bond acceptors (Lipinski definition) is 4. The number of anilines is 2.